The van der Waals surface area contributed by atoms with E-state index in [1.807, 2.05) is 22.9 Å². The van der Waals surface area contributed by atoms with Crippen molar-refractivity contribution in [1.82, 2.24) is 20.2 Å². The van der Waals surface area contributed by atoms with Crippen LogP contribution < -0.4 is 14.5 Å². The van der Waals surface area contributed by atoms with Crippen molar-refractivity contribution >= 4 is 0 Å². The van der Waals surface area contributed by atoms with Crippen molar-refractivity contribution in [2.75, 3.05) is 39.8 Å². The van der Waals surface area contributed by atoms with E-state index < -0.39 is 0 Å². The Kier molecular flexibility index (Phi) is 6.74. The maximum Gasteiger partial charge on any atom is 0.214 e. The number of methoxy groups -OCH3 is 1. The topological polar surface area (TPSA) is 61.7 Å². The van der Waals surface area contributed by atoms with Gasteiger partial charge in [-0.3, -0.25) is 0 Å². The van der Waals surface area contributed by atoms with Gasteiger partial charge in [0.15, 0.2) is 6.04 Å². The van der Waals surface area contributed by atoms with Gasteiger partial charge < -0.3 is 14.5 Å². The lowest BCUT2D eigenvalue weighted by Crippen LogP contribution is -3.28. The minimum atomic E-state index is 0.110. The van der Waals surface area contributed by atoms with Crippen LogP contribution >= 0.6 is 0 Å². The van der Waals surface area contributed by atoms with E-state index in [1.165, 1.54) is 16.0 Å². The Balaban J connectivity index is 1.62. The zero-order chi connectivity index (χ0) is 21.6. The van der Waals surface area contributed by atoms with Crippen molar-refractivity contribution in [1.29, 1.82) is 0 Å². The molecule has 1 saturated heterocycles. The number of aromatic nitrogens is 4. The van der Waals surface area contributed by atoms with Gasteiger partial charge in [0.05, 0.1) is 20.2 Å². The lowest BCUT2D eigenvalue weighted by molar-refractivity contribution is -1.02. The first kappa shape index (κ1) is 21.2. The second kappa shape index (κ2) is 9.85. The summed E-state index contributed by atoms with van der Waals surface area (Å²) in [7, 11) is 1.68. The molecule has 162 valence electrons. The van der Waals surface area contributed by atoms with E-state index >= 15 is 0 Å². The van der Waals surface area contributed by atoms with Crippen molar-refractivity contribution < 1.29 is 14.5 Å². The summed E-state index contributed by atoms with van der Waals surface area (Å²) in [6.45, 7) is 12.1. The maximum absolute atomic E-state index is 5.28. The van der Waals surface area contributed by atoms with Gasteiger partial charge in [0, 0.05) is 5.56 Å². The summed E-state index contributed by atoms with van der Waals surface area (Å²) in [6.07, 6.45) is 2.02. The Morgan fingerprint density at radius 1 is 1.06 bits per heavy atom. The van der Waals surface area contributed by atoms with Crippen LogP contribution in [0, 0.1) is 6.92 Å². The molecule has 7 heteroatoms. The number of benzene rings is 2. The molecule has 0 aliphatic carbocycles. The summed E-state index contributed by atoms with van der Waals surface area (Å²) >= 11 is 0. The maximum atomic E-state index is 5.28. The molecule has 0 saturated carbocycles. The molecule has 0 radical (unpaired) electrons. The largest absolute Gasteiger partial charge is 0.497 e. The lowest BCUT2D eigenvalue weighted by atomic mass is 10.0. The van der Waals surface area contributed by atoms with Crippen molar-refractivity contribution in [3.63, 3.8) is 0 Å². The van der Waals surface area contributed by atoms with E-state index in [9.17, 15) is 0 Å². The summed E-state index contributed by atoms with van der Waals surface area (Å²) in [5.41, 5.74) is 3.67. The zero-order valence-corrected chi connectivity index (χ0v) is 18.4. The average molecular weight is 421 g/mol. The molecule has 1 aliphatic heterocycles. The van der Waals surface area contributed by atoms with Gasteiger partial charge >= 0.3 is 0 Å². The van der Waals surface area contributed by atoms with E-state index in [-0.39, 0.29) is 6.04 Å². The Labute approximate surface area is 183 Å². The number of aryl methyl sites for hydroxylation is 1. The number of nitrogens with zero attached hydrogens (tertiary/aromatic N) is 4. The van der Waals surface area contributed by atoms with Crippen molar-refractivity contribution in [3.8, 4) is 5.75 Å². The molecule has 1 aromatic heterocycles. The van der Waals surface area contributed by atoms with Gasteiger partial charge in [-0.15, -0.1) is 5.10 Å². The number of rotatable bonds is 8. The minimum absolute atomic E-state index is 0.110. The highest BCUT2D eigenvalue weighted by atomic mass is 16.5. The molecule has 2 N–H and O–H groups in total. The molecule has 1 aliphatic rings. The summed E-state index contributed by atoms with van der Waals surface area (Å²) in [5.74, 6) is 1.77. The Morgan fingerprint density at radius 3 is 2.42 bits per heavy atom. The fourth-order valence-electron chi connectivity index (χ4n) is 4.38. The van der Waals surface area contributed by atoms with Gasteiger partial charge in [0.2, 0.25) is 5.82 Å². The average Bonchev–Trinajstić information content (AvgIpc) is 3.25. The molecule has 7 nitrogen and oxygen atoms in total. The van der Waals surface area contributed by atoms with E-state index in [4.69, 9.17) is 4.74 Å². The third kappa shape index (κ3) is 5.00. The second-order valence-electron chi connectivity index (χ2n) is 8.29. The third-order valence-electron chi connectivity index (χ3n) is 6.16. The smallest absolute Gasteiger partial charge is 0.214 e. The molecule has 3 aromatic rings. The third-order valence-corrected chi connectivity index (χ3v) is 6.16. The molecule has 31 heavy (non-hydrogen) atoms. The molecule has 1 fully saturated rings. The Morgan fingerprint density at radius 2 is 1.77 bits per heavy atom. The van der Waals surface area contributed by atoms with Crippen molar-refractivity contribution in [2.45, 2.75) is 19.5 Å². The van der Waals surface area contributed by atoms with Gasteiger partial charge in [-0.05, 0) is 41.1 Å². The SMILES string of the molecule is C=CC[NH+]1CC[NH+]([C@@H](c2ccc(C)cc2)c2nnnn2Cc2ccc(OC)cc2)CC1. The summed E-state index contributed by atoms with van der Waals surface area (Å²) in [5, 5.41) is 12.9. The van der Waals surface area contributed by atoms with E-state index in [0.29, 0.717) is 6.54 Å². The van der Waals surface area contributed by atoms with Gasteiger partial charge in [-0.1, -0.05) is 48.5 Å². The molecule has 0 spiro atoms. The van der Waals surface area contributed by atoms with E-state index in [2.05, 4.69) is 65.4 Å². The normalized spacial score (nSPS) is 19.7. The fraction of sp³-hybridized carbons (Fsp3) is 0.375. The second-order valence-corrected chi connectivity index (χ2v) is 8.29. The van der Waals surface area contributed by atoms with Gasteiger partial charge in [-0.2, -0.15) is 0 Å². The number of quaternary nitrogens is 2. The lowest BCUT2D eigenvalue weighted by Gasteiger charge is -2.34. The monoisotopic (exact) mass is 420 g/mol. The van der Waals surface area contributed by atoms with Crippen molar-refractivity contribution in [3.05, 3.63) is 83.7 Å². The van der Waals surface area contributed by atoms with Gasteiger partial charge in [0.25, 0.3) is 0 Å². The Bertz CT molecular complexity index is 974. The first-order chi connectivity index (χ1) is 15.2. The molecule has 1 atom stereocenters. The molecule has 4 rings (SSSR count). The minimum Gasteiger partial charge on any atom is -0.497 e. The molecule has 0 unspecified atom stereocenters. The molecule has 0 bridgehead atoms. The summed E-state index contributed by atoms with van der Waals surface area (Å²) < 4.78 is 7.23. The molecular weight excluding hydrogens is 388 g/mol. The van der Waals surface area contributed by atoms with E-state index in [0.717, 1.165) is 49.9 Å². The van der Waals surface area contributed by atoms with Crippen LogP contribution in [0.5, 0.6) is 5.75 Å². The first-order valence-corrected chi connectivity index (χ1v) is 10.9. The molecule has 2 aromatic carbocycles. The number of nitrogens with one attached hydrogen (secondary N) is 2. The van der Waals surface area contributed by atoms with E-state index in [1.54, 1.807) is 12.0 Å². The predicted octanol–water partition coefficient (Wildman–Crippen LogP) is 0.0972. The summed E-state index contributed by atoms with van der Waals surface area (Å²) in [6, 6.07) is 17.0. The highest BCUT2D eigenvalue weighted by molar-refractivity contribution is 5.28. The van der Waals surface area contributed by atoms with Crippen molar-refractivity contribution in [2.24, 2.45) is 0 Å². The predicted molar refractivity (Wildman–Crippen MR) is 119 cm³/mol. The highest BCUT2D eigenvalue weighted by Gasteiger charge is 2.35. The van der Waals surface area contributed by atoms with Crippen LogP contribution in [-0.4, -0.2) is 60.0 Å². The quantitative estimate of drug-likeness (QED) is 0.508. The van der Waals surface area contributed by atoms with Crippen LogP contribution in [-0.2, 0) is 6.54 Å². The van der Waals surface area contributed by atoms with Crippen LogP contribution in [0.15, 0.2) is 61.2 Å². The molecular formula is C24H32N6O+2. The van der Waals surface area contributed by atoms with Crippen LogP contribution in [0.3, 0.4) is 0 Å². The number of piperazine rings is 1. The number of hydrogen-bond acceptors (Lipinski definition) is 4. The standard InChI is InChI=1S/C24H30N6O/c1-4-13-28-14-16-29(17-15-28)23(21-9-5-19(2)6-10-21)24-25-26-27-30(24)18-20-7-11-22(31-3)12-8-20/h4-12,23H,1,13-18H2,2-3H3/p+2/t23-/m0/s1. The van der Waals surface area contributed by atoms with Crippen LogP contribution in [0.4, 0.5) is 0 Å². The molecule has 2 heterocycles. The molecule has 0 amide bonds. The highest BCUT2D eigenvalue weighted by Crippen LogP contribution is 2.19. The Hall–Kier alpha value is -3.03. The van der Waals surface area contributed by atoms with Gasteiger partial charge in [-0.25, -0.2) is 4.68 Å². The summed E-state index contributed by atoms with van der Waals surface area (Å²) in [4.78, 5) is 3.11. The fourth-order valence-corrected chi connectivity index (χ4v) is 4.38. The first-order valence-electron chi connectivity index (χ1n) is 10.9. The van der Waals surface area contributed by atoms with Crippen LogP contribution in [0.2, 0.25) is 0 Å². The number of tetrazole rings is 1. The van der Waals surface area contributed by atoms with Gasteiger partial charge in [0.1, 0.15) is 31.9 Å². The van der Waals surface area contributed by atoms with Crippen LogP contribution in [0.25, 0.3) is 0 Å². The van der Waals surface area contributed by atoms with Crippen LogP contribution in [0.1, 0.15) is 28.6 Å². The number of ether oxygens (including phenoxy) is 1. The zero-order valence-electron chi connectivity index (χ0n) is 18.4. The number of hydrogen-bond donors (Lipinski definition) is 2.